The van der Waals surface area contributed by atoms with Gasteiger partial charge < -0.3 is 14.2 Å². The molecule has 0 saturated carbocycles. The lowest BCUT2D eigenvalue weighted by Crippen LogP contribution is -2.34. The first kappa shape index (κ1) is 28.7. The number of carbonyl (C=O) groups excluding carboxylic acids is 1. The molecule has 3 heterocycles. The quantitative estimate of drug-likeness (QED) is 0.159. The first-order valence-electron chi connectivity index (χ1n) is 11.6. The van der Waals surface area contributed by atoms with Gasteiger partial charge in [0, 0.05) is 25.6 Å². The van der Waals surface area contributed by atoms with E-state index < -0.39 is 24.0 Å². The molecule has 0 saturated heterocycles. The van der Waals surface area contributed by atoms with Gasteiger partial charge in [-0.2, -0.15) is 13.2 Å². The summed E-state index contributed by atoms with van der Waals surface area (Å²) in [6, 6.07) is 3.02. The maximum Gasteiger partial charge on any atom is 0.572 e. The predicted octanol–water partition coefficient (Wildman–Crippen LogP) is 6.82. The number of hydrogen-bond acceptors (Lipinski definition) is 5. The molecule has 0 bridgehead atoms. The van der Waals surface area contributed by atoms with Crippen LogP contribution >= 0.6 is 0 Å². The minimum absolute atomic E-state index is 0.0431. The molecule has 6 nitrogen and oxygen atoms in total. The Kier molecular flexibility index (Phi) is 8.23. The van der Waals surface area contributed by atoms with E-state index >= 15 is 0 Å². The van der Waals surface area contributed by atoms with Crippen molar-refractivity contribution >= 4 is 17.4 Å². The molecule has 0 spiro atoms. The topological polar surface area (TPSA) is 60.2 Å². The molecule has 0 radical (unpaired) electrons. The van der Waals surface area contributed by atoms with Crippen molar-refractivity contribution in [2.75, 3.05) is 6.54 Å². The van der Waals surface area contributed by atoms with E-state index in [1.54, 1.807) is 25.5 Å². The molecule has 12 heteroatoms. The average molecular weight is 541 g/mol. The predicted molar refractivity (Wildman–Crippen MR) is 130 cm³/mol. The van der Waals surface area contributed by atoms with Crippen LogP contribution < -0.4 is 0 Å². The zero-order valence-electron chi connectivity index (χ0n) is 21.2. The minimum Gasteiger partial charge on any atom is -0.411 e. The van der Waals surface area contributed by atoms with Crippen LogP contribution in [0.4, 0.5) is 26.3 Å². The van der Waals surface area contributed by atoms with Gasteiger partial charge >= 0.3 is 12.5 Å². The molecule has 0 N–H and O–H groups in total. The number of alkyl halides is 6. The first-order valence-corrected chi connectivity index (χ1v) is 11.6. The second-order valence-corrected chi connectivity index (χ2v) is 8.39. The molecule has 3 rings (SSSR count). The molecule has 2 aromatic rings. The summed E-state index contributed by atoms with van der Waals surface area (Å²) >= 11 is 0. The second-order valence-electron chi connectivity index (χ2n) is 8.39. The number of nitrogens with zero attached hydrogens (tertiary/aromatic N) is 4. The van der Waals surface area contributed by atoms with Crippen molar-refractivity contribution in [3.8, 4) is 11.5 Å². The molecule has 0 aromatic carbocycles. The number of halogens is 6. The third-order valence-electron chi connectivity index (χ3n) is 5.89. The Morgan fingerprint density at radius 1 is 1.13 bits per heavy atom. The van der Waals surface area contributed by atoms with Gasteiger partial charge in [-0.05, 0) is 49.8 Å². The molecule has 2 aromatic heterocycles. The average Bonchev–Trinajstić information content (AvgIpc) is 3.16. The molecule has 0 aliphatic carbocycles. The van der Waals surface area contributed by atoms with Gasteiger partial charge in [-0.3, -0.25) is 4.79 Å². The van der Waals surface area contributed by atoms with Crippen LogP contribution in [0.15, 0.2) is 48.4 Å². The number of ketones is 1. The number of aromatic nitrogens is 3. The summed E-state index contributed by atoms with van der Waals surface area (Å²) in [5.41, 5.74) is 0.747. The van der Waals surface area contributed by atoms with Gasteiger partial charge in [0.05, 0.1) is 23.6 Å². The van der Waals surface area contributed by atoms with E-state index in [4.69, 9.17) is 0 Å². The highest BCUT2D eigenvalue weighted by atomic mass is 19.4. The van der Waals surface area contributed by atoms with Crippen LogP contribution in [0.3, 0.4) is 0 Å². The van der Waals surface area contributed by atoms with E-state index in [-0.39, 0.29) is 53.8 Å². The Labute approximate surface area is 215 Å². The van der Waals surface area contributed by atoms with Gasteiger partial charge in [0.25, 0.3) is 0 Å². The molecule has 0 fully saturated rings. The fourth-order valence-electron chi connectivity index (χ4n) is 3.99. The van der Waals surface area contributed by atoms with Gasteiger partial charge in [-0.25, -0.2) is 9.97 Å². The third kappa shape index (κ3) is 6.17. The highest BCUT2D eigenvalue weighted by Crippen LogP contribution is 2.37. The minimum atomic E-state index is -4.85. The van der Waals surface area contributed by atoms with Crippen molar-refractivity contribution in [2.24, 2.45) is 7.05 Å². The Morgan fingerprint density at radius 3 is 2.37 bits per heavy atom. The van der Waals surface area contributed by atoms with Crippen molar-refractivity contribution in [1.29, 1.82) is 0 Å². The highest BCUT2D eigenvalue weighted by Gasteiger charge is 2.40. The number of pyridine rings is 1. The largest absolute Gasteiger partial charge is 0.572 e. The van der Waals surface area contributed by atoms with Gasteiger partial charge in [-0.15, -0.1) is 13.2 Å². The Balaban J connectivity index is 2.17. The summed E-state index contributed by atoms with van der Waals surface area (Å²) in [6.07, 6.45) is -4.52. The summed E-state index contributed by atoms with van der Waals surface area (Å²) in [5.74, 6) is -0.500. The summed E-state index contributed by atoms with van der Waals surface area (Å²) in [5, 5.41) is 0. The van der Waals surface area contributed by atoms with E-state index in [2.05, 4.69) is 21.3 Å². The van der Waals surface area contributed by atoms with E-state index in [0.717, 1.165) is 19.1 Å². The molecule has 1 aliphatic rings. The number of allylic oxidation sites excluding steroid dienone is 6. The lowest BCUT2D eigenvalue weighted by atomic mass is 10.0. The number of Topliss-reactive ketones (excluding diaryl/α,β-unsaturated/α-hetero) is 1. The number of ether oxygens (including phenoxy) is 1. The van der Waals surface area contributed by atoms with Gasteiger partial charge in [0.15, 0.2) is 11.6 Å². The normalized spacial score (nSPS) is 14.8. The smallest absolute Gasteiger partial charge is 0.411 e. The van der Waals surface area contributed by atoms with E-state index in [9.17, 15) is 31.1 Å². The Hall–Kier alpha value is -3.83. The maximum atomic E-state index is 13.6. The monoisotopic (exact) mass is 540 g/mol. The lowest BCUT2D eigenvalue weighted by Gasteiger charge is -2.30. The van der Waals surface area contributed by atoms with Gasteiger partial charge in [-0.1, -0.05) is 19.6 Å². The van der Waals surface area contributed by atoms with Gasteiger partial charge in [0.1, 0.15) is 17.2 Å². The third-order valence-corrected chi connectivity index (χ3v) is 5.89. The number of carbonyl (C=O) groups is 1. The van der Waals surface area contributed by atoms with Crippen molar-refractivity contribution in [3.05, 3.63) is 71.0 Å². The Bertz CT molecular complexity index is 1330. The SMILES string of the molecule is C=C/C(=C\C=C(/C)OC(F)(F)F)c1ccc(C(=O)CC)c(-c2nc3c(n2C)CN(CC)C(C(F)(F)F)=C3)n1. The van der Waals surface area contributed by atoms with Crippen LogP contribution in [0.1, 0.15) is 54.6 Å². The summed E-state index contributed by atoms with van der Waals surface area (Å²) in [6.45, 7) is 8.16. The lowest BCUT2D eigenvalue weighted by molar-refractivity contribution is -0.305. The zero-order valence-corrected chi connectivity index (χ0v) is 21.2. The summed E-state index contributed by atoms with van der Waals surface area (Å²) < 4.78 is 83.8. The van der Waals surface area contributed by atoms with Crippen LogP contribution in [0.5, 0.6) is 0 Å². The number of hydrogen-bond donors (Lipinski definition) is 0. The van der Waals surface area contributed by atoms with E-state index in [1.165, 1.54) is 29.2 Å². The summed E-state index contributed by atoms with van der Waals surface area (Å²) in [7, 11) is 1.63. The molecule has 38 heavy (non-hydrogen) atoms. The molecule has 0 amide bonds. The number of rotatable bonds is 8. The molecular formula is C26H26F6N4O2. The highest BCUT2D eigenvalue weighted by molar-refractivity contribution is 6.01. The number of imidazole rings is 1. The van der Waals surface area contributed by atoms with E-state index in [0.29, 0.717) is 11.3 Å². The van der Waals surface area contributed by atoms with Crippen molar-refractivity contribution in [3.63, 3.8) is 0 Å². The maximum absolute atomic E-state index is 13.6. The molecular weight excluding hydrogens is 514 g/mol. The van der Waals surface area contributed by atoms with E-state index in [1.807, 2.05) is 0 Å². The van der Waals surface area contributed by atoms with Gasteiger partial charge in [0.2, 0.25) is 0 Å². The molecule has 1 aliphatic heterocycles. The second kappa shape index (κ2) is 10.9. The molecule has 0 atom stereocenters. The van der Waals surface area contributed by atoms with Crippen molar-refractivity contribution in [2.45, 2.75) is 46.3 Å². The fraction of sp³-hybridized carbons (Fsp3) is 0.346. The van der Waals surface area contributed by atoms with Crippen LogP contribution in [-0.4, -0.2) is 44.3 Å². The van der Waals surface area contributed by atoms with Crippen LogP contribution in [0.2, 0.25) is 0 Å². The molecule has 0 unspecified atom stereocenters. The fourth-order valence-corrected chi connectivity index (χ4v) is 3.99. The zero-order chi connectivity index (χ0) is 28.4. The standard InChI is InChI=1S/C26H26F6N4O2/c1-6-16(10-9-15(4)38-26(30,31)32)18-12-11-17(21(37)7-2)23(33-18)24-34-19-13-22(25(27,28)29)36(8-3)14-20(19)35(24)5/h6,9-13H,1,7-8,14H2,2-5H3/b15-9+,16-10+. The molecule has 204 valence electrons. The van der Waals surface area contributed by atoms with Crippen LogP contribution in [-0.2, 0) is 18.3 Å². The number of fused-ring (bicyclic) bond motifs is 1. The first-order chi connectivity index (χ1) is 17.7. The Morgan fingerprint density at radius 2 is 1.82 bits per heavy atom. The summed E-state index contributed by atoms with van der Waals surface area (Å²) in [4.78, 5) is 22.9. The van der Waals surface area contributed by atoms with Crippen LogP contribution in [0.25, 0.3) is 23.2 Å². The van der Waals surface area contributed by atoms with Crippen LogP contribution in [0, 0.1) is 0 Å². The van der Waals surface area contributed by atoms with Crippen molar-refractivity contribution < 1.29 is 35.9 Å². The van der Waals surface area contributed by atoms with Crippen molar-refractivity contribution in [1.82, 2.24) is 19.4 Å².